The van der Waals surface area contributed by atoms with E-state index in [2.05, 4.69) is 20.5 Å². The minimum absolute atomic E-state index is 0.138. The van der Waals surface area contributed by atoms with Crippen molar-refractivity contribution in [1.82, 2.24) is 19.6 Å². The van der Waals surface area contributed by atoms with Crippen LogP contribution in [0.3, 0.4) is 0 Å². The normalized spacial score (nSPS) is 11.9. The zero-order valence-electron chi connectivity index (χ0n) is 14.6. The van der Waals surface area contributed by atoms with Crippen molar-refractivity contribution in [2.75, 3.05) is 5.32 Å². The Kier molecular flexibility index (Phi) is 4.49. The highest BCUT2D eigenvalue weighted by Gasteiger charge is 2.13. The van der Waals surface area contributed by atoms with Crippen LogP contribution in [0.1, 0.15) is 28.9 Å². The largest absolute Gasteiger partial charge is 0.470 e. The van der Waals surface area contributed by atoms with Gasteiger partial charge in [0, 0.05) is 18.5 Å². The topological polar surface area (TPSA) is 81.4 Å². The van der Waals surface area contributed by atoms with Gasteiger partial charge in [0.15, 0.2) is 5.65 Å². The fraction of sp³-hybridized carbons (Fsp3) is 0.100. The van der Waals surface area contributed by atoms with Crippen LogP contribution >= 0.6 is 0 Å². The van der Waals surface area contributed by atoms with Crippen LogP contribution < -0.4 is 10.1 Å². The Morgan fingerprint density at radius 3 is 2.63 bits per heavy atom. The molecule has 1 amide bonds. The molecule has 0 saturated carbocycles. The Labute approximate surface area is 155 Å². The van der Waals surface area contributed by atoms with Gasteiger partial charge in [0.2, 0.25) is 11.8 Å². The Hall–Kier alpha value is -3.74. The molecule has 7 heteroatoms. The van der Waals surface area contributed by atoms with E-state index in [-0.39, 0.29) is 12.0 Å². The zero-order chi connectivity index (χ0) is 18.6. The maximum Gasteiger partial charge on any atom is 0.259 e. The van der Waals surface area contributed by atoms with Gasteiger partial charge in [-0.1, -0.05) is 36.4 Å². The summed E-state index contributed by atoms with van der Waals surface area (Å²) in [6.45, 7) is 1.95. The molecule has 7 nitrogen and oxygen atoms in total. The molecular formula is C20H17N5O2. The van der Waals surface area contributed by atoms with Gasteiger partial charge in [0.05, 0.1) is 5.56 Å². The number of pyridine rings is 2. The highest BCUT2D eigenvalue weighted by atomic mass is 16.5. The van der Waals surface area contributed by atoms with Gasteiger partial charge in [0.25, 0.3) is 5.91 Å². The molecule has 134 valence electrons. The molecule has 4 aromatic rings. The number of benzene rings is 1. The van der Waals surface area contributed by atoms with Gasteiger partial charge in [0.1, 0.15) is 6.10 Å². The lowest BCUT2D eigenvalue weighted by molar-refractivity contribution is 0.102. The van der Waals surface area contributed by atoms with E-state index in [1.54, 1.807) is 22.7 Å². The molecule has 1 unspecified atom stereocenters. The lowest BCUT2D eigenvalue weighted by Crippen LogP contribution is -2.14. The first-order valence-corrected chi connectivity index (χ1v) is 8.49. The lowest BCUT2D eigenvalue weighted by Gasteiger charge is -2.14. The maximum absolute atomic E-state index is 12.4. The van der Waals surface area contributed by atoms with Gasteiger partial charge in [-0.15, -0.1) is 10.2 Å². The molecule has 1 atom stereocenters. The van der Waals surface area contributed by atoms with E-state index in [0.717, 1.165) is 5.56 Å². The third-order valence-corrected chi connectivity index (χ3v) is 4.10. The minimum Gasteiger partial charge on any atom is -0.470 e. The fourth-order valence-electron chi connectivity index (χ4n) is 2.66. The van der Waals surface area contributed by atoms with Crippen LogP contribution in [0.25, 0.3) is 5.65 Å². The van der Waals surface area contributed by atoms with Gasteiger partial charge in [-0.05, 0) is 30.7 Å². The standard InChI is InChI=1S/C20H17N5O2/c1-14(15-7-3-2-4-8-15)27-18-11-10-16(13-21-18)19(26)22-20-24-23-17-9-5-6-12-25(17)20/h2-14H,1H3,(H,22,24,26). The van der Waals surface area contributed by atoms with Crippen LogP contribution in [0.15, 0.2) is 73.1 Å². The van der Waals surface area contributed by atoms with Crippen LogP contribution in [0.4, 0.5) is 5.95 Å². The van der Waals surface area contributed by atoms with Gasteiger partial charge in [-0.25, -0.2) is 4.98 Å². The molecule has 0 aliphatic rings. The summed E-state index contributed by atoms with van der Waals surface area (Å²) in [6.07, 6.45) is 3.12. The van der Waals surface area contributed by atoms with Crippen molar-refractivity contribution < 1.29 is 9.53 Å². The monoisotopic (exact) mass is 359 g/mol. The maximum atomic E-state index is 12.4. The highest BCUT2D eigenvalue weighted by Crippen LogP contribution is 2.20. The van der Waals surface area contributed by atoms with Gasteiger partial charge >= 0.3 is 0 Å². The molecule has 0 aliphatic carbocycles. The molecule has 0 aliphatic heterocycles. The van der Waals surface area contributed by atoms with Crippen LogP contribution in [0.5, 0.6) is 5.88 Å². The number of amides is 1. The Morgan fingerprint density at radius 2 is 1.85 bits per heavy atom. The van der Waals surface area contributed by atoms with E-state index in [9.17, 15) is 4.79 Å². The van der Waals surface area contributed by atoms with Gasteiger partial charge in [-0.2, -0.15) is 0 Å². The molecule has 3 heterocycles. The van der Waals surface area contributed by atoms with Crippen LogP contribution in [-0.2, 0) is 0 Å². The van der Waals surface area contributed by atoms with Crippen molar-refractivity contribution in [2.24, 2.45) is 0 Å². The second-order valence-electron chi connectivity index (χ2n) is 5.96. The quantitative estimate of drug-likeness (QED) is 0.590. The first-order chi connectivity index (χ1) is 13.2. The average Bonchev–Trinajstić information content (AvgIpc) is 3.12. The summed E-state index contributed by atoms with van der Waals surface area (Å²) >= 11 is 0. The molecule has 0 fully saturated rings. The third-order valence-electron chi connectivity index (χ3n) is 4.10. The number of carbonyl (C=O) groups excluding carboxylic acids is 1. The molecule has 0 spiro atoms. The molecular weight excluding hydrogens is 342 g/mol. The molecule has 1 N–H and O–H groups in total. The fourth-order valence-corrected chi connectivity index (χ4v) is 2.66. The van der Waals surface area contributed by atoms with E-state index in [1.165, 1.54) is 6.20 Å². The Bertz CT molecular complexity index is 1060. The average molecular weight is 359 g/mol. The summed E-state index contributed by atoms with van der Waals surface area (Å²) in [5.74, 6) is 0.493. The van der Waals surface area contributed by atoms with E-state index >= 15 is 0 Å². The predicted molar refractivity (Wildman–Crippen MR) is 101 cm³/mol. The molecule has 3 aromatic heterocycles. The summed E-state index contributed by atoms with van der Waals surface area (Å²) in [6, 6.07) is 18.7. The first-order valence-electron chi connectivity index (χ1n) is 8.49. The summed E-state index contributed by atoms with van der Waals surface area (Å²) in [5.41, 5.74) is 2.12. The lowest BCUT2D eigenvalue weighted by atomic mass is 10.1. The Balaban J connectivity index is 1.44. The molecule has 0 bridgehead atoms. The number of nitrogens with zero attached hydrogens (tertiary/aromatic N) is 4. The molecule has 4 rings (SSSR count). The summed E-state index contributed by atoms with van der Waals surface area (Å²) in [5, 5.41) is 10.7. The first kappa shape index (κ1) is 16.7. The number of ether oxygens (including phenoxy) is 1. The number of hydrogen-bond donors (Lipinski definition) is 1. The molecule has 0 radical (unpaired) electrons. The number of carbonyl (C=O) groups is 1. The number of aromatic nitrogens is 4. The van der Waals surface area contributed by atoms with Crippen LogP contribution in [0, 0.1) is 0 Å². The van der Waals surface area contributed by atoms with Crippen molar-refractivity contribution in [3.05, 3.63) is 84.2 Å². The van der Waals surface area contributed by atoms with Crippen molar-refractivity contribution in [3.8, 4) is 5.88 Å². The van der Waals surface area contributed by atoms with Gasteiger partial charge in [-0.3, -0.25) is 14.5 Å². The smallest absolute Gasteiger partial charge is 0.259 e. The van der Waals surface area contributed by atoms with Crippen molar-refractivity contribution in [1.29, 1.82) is 0 Å². The van der Waals surface area contributed by atoms with Crippen LogP contribution in [0.2, 0.25) is 0 Å². The number of hydrogen-bond acceptors (Lipinski definition) is 5. The second kappa shape index (κ2) is 7.25. The summed E-state index contributed by atoms with van der Waals surface area (Å²) < 4.78 is 7.53. The second-order valence-corrected chi connectivity index (χ2v) is 5.96. The van der Waals surface area contributed by atoms with E-state index < -0.39 is 0 Å². The Morgan fingerprint density at radius 1 is 1.04 bits per heavy atom. The number of nitrogens with one attached hydrogen (secondary N) is 1. The molecule has 0 saturated heterocycles. The van der Waals surface area contributed by atoms with Crippen LogP contribution in [-0.4, -0.2) is 25.5 Å². The number of rotatable bonds is 5. The van der Waals surface area contributed by atoms with Crippen molar-refractivity contribution >= 4 is 17.5 Å². The van der Waals surface area contributed by atoms with E-state index in [1.807, 2.05) is 55.5 Å². The molecule has 1 aromatic carbocycles. The van der Waals surface area contributed by atoms with Crippen molar-refractivity contribution in [2.45, 2.75) is 13.0 Å². The number of anilines is 1. The van der Waals surface area contributed by atoms with E-state index in [4.69, 9.17) is 4.74 Å². The van der Waals surface area contributed by atoms with E-state index in [0.29, 0.717) is 23.0 Å². The number of fused-ring (bicyclic) bond motifs is 1. The highest BCUT2D eigenvalue weighted by molar-refractivity contribution is 6.03. The zero-order valence-corrected chi connectivity index (χ0v) is 14.6. The van der Waals surface area contributed by atoms with Gasteiger partial charge < -0.3 is 4.74 Å². The van der Waals surface area contributed by atoms with Crippen molar-refractivity contribution in [3.63, 3.8) is 0 Å². The molecule has 27 heavy (non-hydrogen) atoms. The third kappa shape index (κ3) is 3.62. The summed E-state index contributed by atoms with van der Waals surface area (Å²) in [4.78, 5) is 16.7. The predicted octanol–water partition coefficient (Wildman–Crippen LogP) is 3.52. The summed E-state index contributed by atoms with van der Waals surface area (Å²) in [7, 11) is 0. The minimum atomic E-state index is -0.316. The SMILES string of the molecule is CC(Oc1ccc(C(=O)Nc2nnc3ccccn23)cn1)c1ccccc1.